The Kier molecular flexibility index (Phi) is 6.98. The number of benzene rings is 2. The van der Waals surface area contributed by atoms with Crippen LogP contribution in [0, 0.1) is 6.92 Å². The second-order valence-corrected chi connectivity index (χ2v) is 8.56. The molecule has 0 aliphatic carbocycles. The monoisotopic (exact) mass is 409 g/mol. The van der Waals surface area contributed by atoms with Gasteiger partial charge in [0.2, 0.25) is 0 Å². The summed E-state index contributed by atoms with van der Waals surface area (Å²) in [6.07, 6.45) is -1.40. The number of nitrogens with one attached hydrogen (secondary N) is 1. The Hall–Kier alpha value is -2.38. The normalized spacial score (nSPS) is 12.3. The van der Waals surface area contributed by atoms with Gasteiger partial charge in [-0.25, -0.2) is 8.42 Å². The first kappa shape index (κ1) is 20.9. The molecule has 27 heavy (non-hydrogen) atoms. The van der Waals surface area contributed by atoms with Crippen LogP contribution in [0.5, 0.6) is 0 Å². The zero-order valence-electron chi connectivity index (χ0n) is 14.9. The van der Waals surface area contributed by atoms with E-state index in [1.165, 1.54) is 19.1 Å². The van der Waals surface area contributed by atoms with Crippen LogP contribution < -0.4 is 5.32 Å². The van der Waals surface area contributed by atoms with Crippen LogP contribution in [0.1, 0.15) is 18.9 Å². The summed E-state index contributed by atoms with van der Waals surface area (Å²) in [5.41, 5.74) is 1.45. The molecule has 0 fully saturated rings. The van der Waals surface area contributed by atoms with E-state index in [4.69, 9.17) is 16.3 Å². The Bertz CT molecular complexity index is 908. The lowest BCUT2D eigenvalue weighted by atomic mass is 10.2. The first-order valence-corrected chi connectivity index (χ1v) is 10.3. The van der Waals surface area contributed by atoms with E-state index in [0.29, 0.717) is 10.7 Å². The summed E-state index contributed by atoms with van der Waals surface area (Å²) in [6, 6.07) is 12.8. The van der Waals surface area contributed by atoms with Crippen LogP contribution in [0.15, 0.2) is 53.4 Å². The van der Waals surface area contributed by atoms with Gasteiger partial charge < -0.3 is 10.1 Å². The van der Waals surface area contributed by atoms with Gasteiger partial charge in [-0.15, -0.1) is 0 Å². The maximum Gasteiger partial charge on any atom is 0.307 e. The van der Waals surface area contributed by atoms with Gasteiger partial charge in [0, 0.05) is 10.7 Å². The maximum absolute atomic E-state index is 12.2. The van der Waals surface area contributed by atoms with Crippen LogP contribution in [0.3, 0.4) is 0 Å². The van der Waals surface area contributed by atoms with Gasteiger partial charge in [-0.1, -0.05) is 29.3 Å². The van der Waals surface area contributed by atoms with E-state index < -0.39 is 27.8 Å². The van der Waals surface area contributed by atoms with Gasteiger partial charge in [0.05, 0.1) is 17.1 Å². The number of rotatable bonds is 7. The van der Waals surface area contributed by atoms with Gasteiger partial charge in [-0.05, 0) is 50.2 Å². The molecular weight excluding hydrogens is 390 g/mol. The van der Waals surface area contributed by atoms with Gasteiger partial charge >= 0.3 is 5.97 Å². The van der Waals surface area contributed by atoms with Crippen molar-refractivity contribution in [2.75, 3.05) is 11.1 Å². The predicted molar refractivity (Wildman–Crippen MR) is 103 cm³/mol. The average Bonchev–Trinajstić information content (AvgIpc) is 2.62. The van der Waals surface area contributed by atoms with E-state index in [-0.39, 0.29) is 17.1 Å². The highest BCUT2D eigenvalue weighted by atomic mass is 35.5. The van der Waals surface area contributed by atoms with Crippen molar-refractivity contribution in [3.63, 3.8) is 0 Å². The van der Waals surface area contributed by atoms with E-state index in [1.807, 2.05) is 6.92 Å². The molecule has 0 unspecified atom stereocenters. The Balaban J connectivity index is 1.86. The number of carbonyl (C=O) groups excluding carboxylic acids is 2. The third kappa shape index (κ3) is 6.37. The van der Waals surface area contributed by atoms with Crippen molar-refractivity contribution >= 4 is 39.0 Å². The molecule has 0 saturated heterocycles. The van der Waals surface area contributed by atoms with Crippen LogP contribution in [0.4, 0.5) is 5.69 Å². The fourth-order valence-corrected chi connectivity index (χ4v) is 3.52. The molecule has 0 heterocycles. The van der Waals surface area contributed by atoms with Crippen molar-refractivity contribution in [2.24, 2.45) is 0 Å². The molecule has 0 radical (unpaired) electrons. The quantitative estimate of drug-likeness (QED) is 0.708. The lowest BCUT2D eigenvalue weighted by molar-refractivity contribution is -0.152. The molecule has 0 aliphatic heterocycles. The molecule has 144 valence electrons. The number of carbonyl (C=O) groups is 2. The third-order valence-corrected chi connectivity index (χ3v) is 5.73. The first-order valence-electron chi connectivity index (χ1n) is 8.23. The van der Waals surface area contributed by atoms with Gasteiger partial charge in [-0.2, -0.15) is 0 Å². The molecule has 0 aliphatic rings. The van der Waals surface area contributed by atoms with E-state index in [1.54, 1.807) is 36.4 Å². The largest absolute Gasteiger partial charge is 0.453 e. The summed E-state index contributed by atoms with van der Waals surface area (Å²) in [4.78, 5) is 24.1. The number of halogens is 1. The summed E-state index contributed by atoms with van der Waals surface area (Å²) in [5, 5.41) is 3.11. The standard InChI is InChI=1S/C19H20ClNO5S/c1-13-3-9-17(10-4-13)27(24,25)12-11-18(22)26-14(2)19(23)21-16-7-5-15(20)6-8-16/h3-10,14H,11-12H2,1-2H3,(H,21,23)/t14-/m0/s1. The highest BCUT2D eigenvalue weighted by molar-refractivity contribution is 7.91. The van der Waals surface area contributed by atoms with Crippen molar-refractivity contribution < 1.29 is 22.7 Å². The number of hydrogen-bond donors (Lipinski definition) is 1. The zero-order valence-corrected chi connectivity index (χ0v) is 16.5. The summed E-state index contributed by atoms with van der Waals surface area (Å²) in [7, 11) is -3.59. The fraction of sp³-hybridized carbons (Fsp3) is 0.263. The molecule has 1 atom stereocenters. The Morgan fingerprint density at radius 2 is 1.67 bits per heavy atom. The molecular formula is C19H20ClNO5S. The van der Waals surface area contributed by atoms with Crippen LogP contribution in [-0.4, -0.2) is 32.2 Å². The second-order valence-electron chi connectivity index (χ2n) is 6.01. The number of aryl methyl sites for hydroxylation is 1. The van der Waals surface area contributed by atoms with Crippen LogP contribution in [0.25, 0.3) is 0 Å². The Morgan fingerprint density at radius 3 is 2.26 bits per heavy atom. The number of amides is 1. The molecule has 2 aromatic carbocycles. The highest BCUT2D eigenvalue weighted by Gasteiger charge is 2.21. The van der Waals surface area contributed by atoms with Crippen LogP contribution >= 0.6 is 11.6 Å². The second kappa shape index (κ2) is 9.01. The van der Waals surface area contributed by atoms with E-state index in [2.05, 4.69) is 5.32 Å². The summed E-state index contributed by atoms with van der Waals surface area (Å²) in [5.74, 6) is -1.67. The number of anilines is 1. The minimum absolute atomic E-state index is 0.148. The lowest BCUT2D eigenvalue weighted by Crippen LogP contribution is -2.30. The van der Waals surface area contributed by atoms with Crippen molar-refractivity contribution in [2.45, 2.75) is 31.3 Å². The third-order valence-electron chi connectivity index (χ3n) is 3.74. The molecule has 0 saturated carbocycles. The molecule has 2 aromatic rings. The number of ether oxygens (including phenoxy) is 1. The Morgan fingerprint density at radius 1 is 1.07 bits per heavy atom. The molecule has 0 bridgehead atoms. The summed E-state index contributed by atoms with van der Waals surface area (Å²) >= 11 is 5.77. The molecule has 0 spiro atoms. The molecule has 8 heteroatoms. The number of hydrogen-bond acceptors (Lipinski definition) is 5. The van der Waals surface area contributed by atoms with Gasteiger partial charge in [0.1, 0.15) is 0 Å². The minimum Gasteiger partial charge on any atom is -0.453 e. The van der Waals surface area contributed by atoms with E-state index in [9.17, 15) is 18.0 Å². The van der Waals surface area contributed by atoms with Crippen molar-refractivity contribution in [1.82, 2.24) is 0 Å². The zero-order chi connectivity index (χ0) is 20.0. The number of sulfone groups is 1. The molecule has 1 N–H and O–H groups in total. The topological polar surface area (TPSA) is 89.5 Å². The summed E-state index contributed by atoms with van der Waals surface area (Å²) < 4.78 is 29.5. The van der Waals surface area contributed by atoms with Crippen molar-refractivity contribution in [3.8, 4) is 0 Å². The van der Waals surface area contributed by atoms with Crippen molar-refractivity contribution in [1.29, 1.82) is 0 Å². The van der Waals surface area contributed by atoms with Gasteiger partial charge in [0.25, 0.3) is 5.91 Å². The van der Waals surface area contributed by atoms with Gasteiger partial charge in [-0.3, -0.25) is 9.59 Å². The molecule has 1 amide bonds. The fourth-order valence-electron chi connectivity index (χ4n) is 2.17. The number of esters is 1. The van der Waals surface area contributed by atoms with Gasteiger partial charge in [0.15, 0.2) is 15.9 Å². The van der Waals surface area contributed by atoms with Crippen molar-refractivity contribution in [3.05, 3.63) is 59.1 Å². The molecule has 0 aromatic heterocycles. The summed E-state index contributed by atoms with van der Waals surface area (Å²) in [6.45, 7) is 3.27. The molecule has 6 nitrogen and oxygen atoms in total. The van der Waals surface area contributed by atoms with E-state index >= 15 is 0 Å². The lowest BCUT2D eigenvalue weighted by Gasteiger charge is -2.13. The Labute approximate surface area is 163 Å². The van der Waals surface area contributed by atoms with Crippen LogP contribution in [0.2, 0.25) is 5.02 Å². The van der Waals surface area contributed by atoms with E-state index in [0.717, 1.165) is 5.56 Å². The SMILES string of the molecule is Cc1ccc(S(=O)(=O)CCC(=O)O[C@@H](C)C(=O)Nc2ccc(Cl)cc2)cc1. The first-order chi connectivity index (χ1) is 12.7. The molecule has 2 rings (SSSR count). The average molecular weight is 410 g/mol. The smallest absolute Gasteiger partial charge is 0.307 e. The maximum atomic E-state index is 12.2. The minimum atomic E-state index is -3.59. The van der Waals surface area contributed by atoms with Crippen LogP contribution in [-0.2, 0) is 24.2 Å². The highest BCUT2D eigenvalue weighted by Crippen LogP contribution is 2.15. The predicted octanol–water partition coefficient (Wildman–Crippen LogP) is 3.38.